The van der Waals surface area contributed by atoms with Crippen LogP contribution in [0.4, 0.5) is 0 Å². The second-order valence-corrected chi connectivity index (χ2v) is 3.87. The highest BCUT2D eigenvalue weighted by Crippen LogP contribution is 2.02. The predicted octanol–water partition coefficient (Wildman–Crippen LogP) is 1.38. The number of carbonyl (C=O) groups excluding carboxylic acids is 2. The minimum Gasteiger partial charge on any atom is -0.359 e. The highest BCUT2D eigenvalue weighted by Gasteiger charge is 2.00. The van der Waals surface area contributed by atoms with Crippen molar-refractivity contribution in [1.29, 1.82) is 0 Å². The molecule has 0 fully saturated rings. The van der Waals surface area contributed by atoms with Crippen molar-refractivity contribution >= 4 is 11.8 Å². The molecular formula is C12H22N2O2. The van der Waals surface area contributed by atoms with E-state index in [1.165, 1.54) is 0 Å². The van der Waals surface area contributed by atoms with Crippen molar-refractivity contribution in [3.63, 3.8) is 0 Å². The van der Waals surface area contributed by atoms with Gasteiger partial charge in [0, 0.05) is 25.6 Å². The number of rotatable bonds is 8. The number of unbranched alkanes of at least 4 members (excludes halogenated alkanes) is 3. The molecule has 0 atom stereocenters. The van der Waals surface area contributed by atoms with Crippen molar-refractivity contribution in [3.8, 4) is 0 Å². The quantitative estimate of drug-likeness (QED) is 0.485. The Morgan fingerprint density at radius 1 is 1.12 bits per heavy atom. The van der Waals surface area contributed by atoms with Crippen LogP contribution in [0.25, 0.3) is 0 Å². The average Bonchev–Trinajstić information content (AvgIpc) is 2.26. The van der Waals surface area contributed by atoms with E-state index < -0.39 is 0 Å². The molecule has 2 N–H and O–H groups in total. The third-order valence-electron chi connectivity index (χ3n) is 2.28. The molecule has 0 unspecified atom stereocenters. The van der Waals surface area contributed by atoms with Gasteiger partial charge < -0.3 is 10.6 Å². The van der Waals surface area contributed by atoms with Gasteiger partial charge in [-0.25, -0.2) is 0 Å². The van der Waals surface area contributed by atoms with E-state index in [-0.39, 0.29) is 11.8 Å². The van der Waals surface area contributed by atoms with Crippen LogP contribution in [0, 0.1) is 0 Å². The smallest absolute Gasteiger partial charge is 0.246 e. The Morgan fingerprint density at radius 2 is 1.75 bits per heavy atom. The van der Waals surface area contributed by atoms with Crippen molar-refractivity contribution in [2.45, 2.75) is 39.0 Å². The van der Waals surface area contributed by atoms with Crippen LogP contribution in [-0.2, 0) is 9.59 Å². The Bertz CT molecular complexity index is 249. The lowest BCUT2D eigenvalue weighted by Gasteiger charge is -2.04. The molecule has 0 saturated carbocycles. The lowest BCUT2D eigenvalue weighted by atomic mass is 10.1. The van der Waals surface area contributed by atoms with Crippen LogP contribution in [-0.4, -0.2) is 25.4 Å². The molecular weight excluding hydrogens is 204 g/mol. The maximum atomic E-state index is 11.1. The molecule has 0 aliphatic heterocycles. The molecule has 0 radical (unpaired) electrons. The van der Waals surface area contributed by atoms with Gasteiger partial charge >= 0.3 is 0 Å². The Kier molecular flexibility index (Phi) is 8.21. The van der Waals surface area contributed by atoms with Crippen LogP contribution in [0.15, 0.2) is 12.2 Å². The van der Waals surface area contributed by atoms with Gasteiger partial charge in [0.1, 0.15) is 0 Å². The molecule has 0 aliphatic carbocycles. The van der Waals surface area contributed by atoms with E-state index in [9.17, 15) is 9.59 Å². The van der Waals surface area contributed by atoms with Crippen LogP contribution < -0.4 is 10.6 Å². The van der Waals surface area contributed by atoms with E-state index in [1.54, 1.807) is 14.0 Å². The van der Waals surface area contributed by atoms with Gasteiger partial charge in [0.15, 0.2) is 0 Å². The standard InChI is InChI=1S/C12H22N2O2/c1-10(2)12(16)14-9-7-5-4-6-8-11(15)13-3/h1,4-9H2,2-3H3,(H,13,15)(H,14,16). The topological polar surface area (TPSA) is 58.2 Å². The maximum absolute atomic E-state index is 11.1. The van der Waals surface area contributed by atoms with Gasteiger partial charge in [-0.15, -0.1) is 0 Å². The molecule has 0 aromatic carbocycles. The molecule has 4 heteroatoms. The molecule has 4 nitrogen and oxygen atoms in total. The number of amides is 2. The van der Waals surface area contributed by atoms with E-state index in [1.807, 2.05) is 0 Å². The second kappa shape index (κ2) is 8.95. The Hall–Kier alpha value is -1.32. The summed E-state index contributed by atoms with van der Waals surface area (Å²) in [5.74, 6) is 0.0148. The van der Waals surface area contributed by atoms with Gasteiger partial charge in [-0.2, -0.15) is 0 Å². The minimum atomic E-state index is -0.0784. The molecule has 0 saturated heterocycles. The van der Waals surface area contributed by atoms with E-state index in [2.05, 4.69) is 17.2 Å². The summed E-state index contributed by atoms with van der Waals surface area (Å²) in [5, 5.41) is 5.36. The van der Waals surface area contributed by atoms with Gasteiger partial charge in [-0.1, -0.05) is 19.4 Å². The fourth-order valence-electron chi connectivity index (χ4n) is 1.24. The van der Waals surface area contributed by atoms with Crippen LogP contribution in [0.1, 0.15) is 39.0 Å². The van der Waals surface area contributed by atoms with Gasteiger partial charge in [-0.3, -0.25) is 9.59 Å². The summed E-state index contributed by atoms with van der Waals surface area (Å²) in [6, 6.07) is 0. The summed E-state index contributed by atoms with van der Waals surface area (Å²) in [5.41, 5.74) is 0.541. The molecule has 16 heavy (non-hydrogen) atoms. The molecule has 0 aromatic heterocycles. The van der Waals surface area contributed by atoms with Gasteiger partial charge in [0.2, 0.25) is 11.8 Å². The summed E-state index contributed by atoms with van der Waals surface area (Å²) >= 11 is 0. The Labute approximate surface area is 97.5 Å². The molecule has 0 aliphatic rings. The van der Waals surface area contributed by atoms with Gasteiger partial charge in [0.25, 0.3) is 0 Å². The number of nitrogens with one attached hydrogen (secondary N) is 2. The molecule has 0 rings (SSSR count). The van der Waals surface area contributed by atoms with E-state index in [0.717, 1.165) is 25.7 Å². The molecule has 0 bridgehead atoms. The third kappa shape index (κ3) is 8.03. The first-order chi connectivity index (χ1) is 7.57. The van der Waals surface area contributed by atoms with E-state index >= 15 is 0 Å². The van der Waals surface area contributed by atoms with Gasteiger partial charge in [-0.05, 0) is 19.8 Å². The van der Waals surface area contributed by atoms with Crippen LogP contribution in [0.2, 0.25) is 0 Å². The summed E-state index contributed by atoms with van der Waals surface area (Å²) < 4.78 is 0. The molecule has 0 heterocycles. The first-order valence-electron chi connectivity index (χ1n) is 5.72. The Morgan fingerprint density at radius 3 is 2.31 bits per heavy atom. The molecule has 2 amide bonds. The fourth-order valence-corrected chi connectivity index (χ4v) is 1.24. The average molecular weight is 226 g/mol. The van der Waals surface area contributed by atoms with Crippen molar-refractivity contribution in [2.75, 3.05) is 13.6 Å². The second-order valence-electron chi connectivity index (χ2n) is 3.87. The first kappa shape index (κ1) is 14.7. The Balaban J connectivity index is 3.25. The molecule has 92 valence electrons. The highest BCUT2D eigenvalue weighted by atomic mass is 16.2. The zero-order valence-electron chi connectivity index (χ0n) is 10.3. The first-order valence-corrected chi connectivity index (χ1v) is 5.72. The zero-order chi connectivity index (χ0) is 12.4. The number of hydrogen-bond acceptors (Lipinski definition) is 2. The molecule has 0 spiro atoms. The number of carbonyl (C=O) groups is 2. The lowest BCUT2D eigenvalue weighted by molar-refractivity contribution is -0.120. The summed E-state index contributed by atoms with van der Waals surface area (Å²) in [6.07, 6.45) is 4.51. The zero-order valence-corrected chi connectivity index (χ0v) is 10.3. The lowest BCUT2D eigenvalue weighted by Crippen LogP contribution is -2.24. The van der Waals surface area contributed by atoms with Crippen molar-refractivity contribution in [2.24, 2.45) is 0 Å². The highest BCUT2D eigenvalue weighted by molar-refractivity contribution is 5.91. The van der Waals surface area contributed by atoms with Gasteiger partial charge in [0.05, 0.1) is 0 Å². The number of hydrogen-bond donors (Lipinski definition) is 2. The summed E-state index contributed by atoms with van der Waals surface area (Å²) in [6.45, 7) is 5.94. The van der Waals surface area contributed by atoms with Crippen LogP contribution >= 0.6 is 0 Å². The minimum absolute atomic E-state index is 0.0784. The normalized spacial score (nSPS) is 9.62. The van der Waals surface area contributed by atoms with Crippen LogP contribution in [0.5, 0.6) is 0 Å². The monoisotopic (exact) mass is 226 g/mol. The summed E-state index contributed by atoms with van der Waals surface area (Å²) in [4.78, 5) is 22.0. The third-order valence-corrected chi connectivity index (χ3v) is 2.28. The fraction of sp³-hybridized carbons (Fsp3) is 0.667. The van der Waals surface area contributed by atoms with Crippen molar-refractivity contribution < 1.29 is 9.59 Å². The summed E-state index contributed by atoms with van der Waals surface area (Å²) in [7, 11) is 1.65. The predicted molar refractivity (Wildman–Crippen MR) is 65.0 cm³/mol. The van der Waals surface area contributed by atoms with Crippen molar-refractivity contribution in [1.82, 2.24) is 10.6 Å². The van der Waals surface area contributed by atoms with E-state index in [0.29, 0.717) is 18.5 Å². The van der Waals surface area contributed by atoms with Crippen LogP contribution in [0.3, 0.4) is 0 Å². The van der Waals surface area contributed by atoms with Crippen molar-refractivity contribution in [3.05, 3.63) is 12.2 Å². The maximum Gasteiger partial charge on any atom is 0.246 e. The largest absolute Gasteiger partial charge is 0.359 e. The SMILES string of the molecule is C=C(C)C(=O)NCCCCCCC(=O)NC. The molecule has 0 aromatic rings. The van der Waals surface area contributed by atoms with E-state index in [4.69, 9.17) is 0 Å².